The second kappa shape index (κ2) is 8.48. The molecule has 0 aliphatic carbocycles. The Morgan fingerprint density at radius 2 is 2.00 bits per heavy atom. The van der Waals surface area contributed by atoms with Crippen molar-refractivity contribution in [2.75, 3.05) is 19.6 Å². The Kier molecular flexibility index (Phi) is 6.33. The Hall–Kier alpha value is -1.95. The van der Waals surface area contributed by atoms with Crippen LogP contribution in [0.1, 0.15) is 31.7 Å². The van der Waals surface area contributed by atoms with Gasteiger partial charge >= 0.3 is 6.09 Å². The molecule has 0 aromatic heterocycles. The highest BCUT2D eigenvalue weighted by Gasteiger charge is 2.25. The highest BCUT2D eigenvalue weighted by molar-refractivity contribution is 5.68. The van der Waals surface area contributed by atoms with Gasteiger partial charge in [-0.05, 0) is 55.2 Å². The Bertz CT molecular complexity index is 484. The summed E-state index contributed by atoms with van der Waals surface area (Å²) < 4.78 is 5.43. The van der Waals surface area contributed by atoms with Crippen LogP contribution in [0.25, 0.3) is 0 Å². The number of benzene rings is 1. The SMILES string of the molecule is CCCN(C(=O)OCc1ccc(N=O)cc1)C1CCNCC1. The van der Waals surface area contributed by atoms with E-state index in [1.165, 1.54) is 0 Å². The van der Waals surface area contributed by atoms with Gasteiger partial charge < -0.3 is 15.0 Å². The number of nitrogens with one attached hydrogen (secondary N) is 1. The predicted octanol–water partition coefficient (Wildman–Crippen LogP) is 3.19. The number of carbonyl (C=O) groups is 1. The molecule has 1 amide bonds. The topological polar surface area (TPSA) is 71.0 Å². The molecule has 1 aromatic rings. The standard InChI is InChI=1S/C16H23N3O3/c1-2-11-19(15-7-9-17-10-8-15)16(20)22-12-13-3-5-14(18-21)6-4-13/h3-6,15,17H,2,7-12H2,1H3. The van der Waals surface area contributed by atoms with Crippen LogP contribution in [-0.4, -0.2) is 36.7 Å². The number of nitroso groups, excluding NO2 is 1. The second-order valence-corrected chi connectivity index (χ2v) is 5.49. The van der Waals surface area contributed by atoms with E-state index in [1.807, 2.05) is 4.90 Å². The molecule has 0 unspecified atom stereocenters. The number of nitrogens with zero attached hydrogens (tertiary/aromatic N) is 2. The molecule has 120 valence electrons. The molecule has 2 rings (SSSR count). The maximum absolute atomic E-state index is 12.3. The minimum absolute atomic E-state index is 0.211. The van der Waals surface area contributed by atoms with Gasteiger partial charge in [-0.1, -0.05) is 19.1 Å². The molecule has 1 aliphatic heterocycles. The van der Waals surface area contributed by atoms with Gasteiger partial charge in [0, 0.05) is 12.6 Å². The van der Waals surface area contributed by atoms with Crippen molar-refractivity contribution in [3.05, 3.63) is 34.7 Å². The van der Waals surface area contributed by atoms with Gasteiger partial charge in [0.25, 0.3) is 0 Å². The predicted molar refractivity (Wildman–Crippen MR) is 85.0 cm³/mol. The average Bonchev–Trinajstić information content (AvgIpc) is 2.58. The highest BCUT2D eigenvalue weighted by Crippen LogP contribution is 2.16. The van der Waals surface area contributed by atoms with Crippen molar-refractivity contribution in [1.29, 1.82) is 0 Å². The molecule has 6 heteroatoms. The fourth-order valence-corrected chi connectivity index (χ4v) is 2.66. The van der Waals surface area contributed by atoms with E-state index in [9.17, 15) is 9.70 Å². The fourth-order valence-electron chi connectivity index (χ4n) is 2.66. The van der Waals surface area contributed by atoms with Crippen LogP contribution in [0.3, 0.4) is 0 Å². The Labute approximate surface area is 130 Å². The lowest BCUT2D eigenvalue weighted by Gasteiger charge is -2.33. The summed E-state index contributed by atoms with van der Waals surface area (Å²) in [7, 11) is 0. The van der Waals surface area contributed by atoms with Gasteiger partial charge in [-0.3, -0.25) is 0 Å². The molecule has 0 radical (unpaired) electrons. The molecule has 1 fully saturated rings. The summed E-state index contributed by atoms with van der Waals surface area (Å²) >= 11 is 0. The summed E-state index contributed by atoms with van der Waals surface area (Å²) in [5, 5.41) is 6.15. The second-order valence-electron chi connectivity index (χ2n) is 5.49. The molecule has 0 atom stereocenters. The van der Waals surface area contributed by atoms with Gasteiger partial charge in [0.1, 0.15) is 12.3 Å². The third-order valence-corrected chi connectivity index (χ3v) is 3.85. The maximum atomic E-state index is 12.3. The van der Waals surface area contributed by atoms with Crippen LogP contribution in [0, 0.1) is 4.91 Å². The smallest absolute Gasteiger partial charge is 0.410 e. The monoisotopic (exact) mass is 305 g/mol. The number of rotatable bonds is 6. The summed E-state index contributed by atoms with van der Waals surface area (Å²) in [5.41, 5.74) is 1.22. The first-order valence-electron chi connectivity index (χ1n) is 7.81. The van der Waals surface area contributed by atoms with E-state index in [0.29, 0.717) is 5.69 Å². The molecule has 22 heavy (non-hydrogen) atoms. The first kappa shape index (κ1) is 16.4. The van der Waals surface area contributed by atoms with Crippen molar-refractivity contribution >= 4 is 11.8 Å². The summed E-state index contributed by atoms with van der Waals surface area (Å²) in [6.45, 7) is 4.88. The van der Waals surface area contributed by atoms with Crippen molar-refractivity contribution in [3.63, 3.8) is 0 Å². The van der Waals surface area contributed by atoms with E-state index in [2.05, 4.69) is 17.4 Å². The van der Waals surface area contributed by atoms with Crippen LogP contribution in [0.15, 0.2) is 29.4 Å². The minimum atomic E-state index is -0.258. The molecule has 0 spiro atoms. The zero-order valence-corrected chi connectivity index (χ0v) is 13.0. The van der Waals surface area contributed by atoms with Crippen molar-refractivity contribution in [2.24, 2.45) is 5.18 Å². The van der Waals surface area contributed by atoms with Gasteiger partial charge in [-0.2, -0.15) is 0 Å². The number of piperidine rings is 1. The lowest BCUT2D eigenvalue weighted by atomic mass is 10.1. The first-order valence-corrected chi connectivity index (χ1v) is 7.81. The first-order chi connectivity index (χ1) is 10.7. The number of hydrogen-bond acceptors (Lipinski definition) is 5. The molecule has 1 N–H and O–H groups in total. The van der Waals surface area contributed by atoms with Crippen LogP contribution >= 0.6 is 0 Å². The summed E-state index contributed by atoms with van der Waals surface area (Å²) in [6, 6.07) is 6.99. The van der Waals surface area contributed by atoms with Crippen molar-refractivity contribution in [3.8, 4) is 0 Å². The lowest BCUT2D eigenvalue weighted by molar-refractivity contribution is 0.0734. The van der Waals surface area contributed by atoms with Crippen LogP contribution < -0.4 is 5.32 Å². The molecule has 1 aromatic carbocycles. The van der Waals surface area contributed by atoms with Gasteiger partial charge in [-0.25, -0.2) is 4.79 Å². The van der Waals surface area contributed by atoms with E-state index in [1.54, 1.807) is 24.3 Å². The zero-order valence-electron chi connectivity index (χ0n) is 13.0. The van der Waals surface area contributed by atoms with Crippen LogP contribution in [0.5, 0.6) is 0 Å². The van der Waals surface area contributed by atoms with E-state index in [4.69, 9.17) is 4.74 Å². The Balaban J connectivity index is 1.90. The maximum Gasteiger partial charge on any atom is 0.410 e. The van der Waals surface area contributed by atoms with E-state index in [0.717, 1.165) is 44.5 Å². The van der Waals surface area contributed by atoms with Crippen LogP contribution in [0.4, 0.5) is 10.5 Å². The molecule has 0 bridgehead atoms. The van der Waals surface area contributed by atoms with Crippen molar-refractivity contribution in [1.82, 2.24) is 10.2 Å². The minimum Gasteiger partial charge on any atom is -0.445 e. The quantitative estimate of drug-likeness (QED) is 0.819. The van der Waals surface area contributed by atoms with Gasteiger partial charge in [0.15, 0.2) is 0 Å². The molecule has 1 heterocycles. The number of hydrogen-bond donors (Lipinski definition) is 1. The fraction of sp³-hybridized carbons (Fsp3) is 0.562. The Morgan fingerprint density at radius 3 is 2.59 bits per heavy atom. The normalized spacial score (nSPS) is 15.3. The number of amides is 1. The molecular formula is C16H23N3O3. The third-order valence-electron chi connectivity index (χ3n) is 3.85. The van der Waals surface area contributed by atoms with Crippen LogP contribution in [0.2, 0.25) is 0 Å². The lowest BCUT2D eigenvalue weighted by Crippen LogP contribution is -2.46. The molecule has 0 saturated carbocycles. The van der Waals surface area contributed by atoms with E-state index in [-0.39, 0.29) is 18.7 Å². The average molecular weight is 305 g/mol. The number of ether oxygens (including phenoxy) is 1. The molecule has 1 aliphatic rings. The van der Waals surface area contributed by atoms with Gasteiger partial charge in [-0.15, -0.1) is 4.91 Å². The van der Waals surface area contributed by atoms with E-state index >= 15 is 0 Å². The Morgan fingerprint density at radius 1 is 1.32 bits per heavy atom. The van der Waals surface area contributed by atoms with E-state index < -0.39 is 0 Å². The van der Waals surface area contributed by atoms with Gasteiger partial charge in [0.05, 0.1) is 0 Å². The summed E-state index contributed by atoms with van der Waals surface area (Å²) in [5.74, 6) is 0. The third kappa shape index (κ3) is 4.53. The largest absolute Gasteiger partial charge is 0.445 e. The molecular weight excluding hydrogens is 282 g/mol. The summed E-state index contributed by atoms with van der Waals surface area (Å²) in [4.78, 5) is 24.6. The van der Waals surface area contributed by atoms with Crippen molar-refractivity contribution in [2.45, 2.75) is 38.8 Å². The van der Waals surface area contributed by atoms with Crippen molar-refractivity contribution < 1.29 is 9.53 Å². The number of carbonyl (C=O) groups excluding carboxylic acids is 1. The van der Waals surface area contributed by atoms with Crippen LogP contribution in [-0.2, 0) is 11.3 Å². The molecule has 1 saturated heterocycles. The molecule has 6 nitrogen and oxygen atoms in total. The van der Waals surface area contributed by atoms with Gasteiger partial charge in [0.2, 0.25) is 0 Å². The summed E-state index contributed by atoms with van der Waals surface area (Å²) in [6.07, 6.45) is 2.59. The zero-order chi connectivity index (χ0) is 15.8. The highest BCUT2D eigenvalue weighted by atomic mass is 16.6.